The Labute approximate surface area is 195 Å². The van der Waals surface area contributed by atoms with Gasteiger partial charge >= 0.3 is 59.1 Å². The standard InChI is InChI=1S/C16H21NO7.2Na/c1-10(14(21)11-6-4-3-5-7-11)17(2)12(18)8-16(24,15(22)23)9-13(19)20;;/h3-7,10,14,21,24H,8-9H2,1-2H3,(H,19,20)(H,22,23);;/q;2*+1/p-2/t10-,14+,16?;;/m0../s1. The fraction of sp³-hybridized carbons (Fsp3) is 0.438. The predicted octanol–water partition coefficient (Wildman–Crippen LogP) is -8.41. The first kappa shape index (κ1) is 27.8. The topological polar surface area (TPSA) is 141 Å². The van der Waals surface area contributed by atoms with E-state index in [0.717, 1.165) is 4.90 Å². The van der Waals surface area contributed by atoms with E-state index in [1.807, 2.05) is 0 Å². The summed E-state index contributed by atoms with van der Waals surface area (Å²) in [7, 11) is 1.31. The minimum Gasteiger partial charge on any atom is -0.550 e. The van der Waals surface area contributed by atoms with Gasteiger partial charge in [0, 0.05) is 19.4 Å². The van der Waals surface area contributed by atoms with Crippen molar-refractivity contribution in [2.24, 2.45) is 0 Å². The summed E-state index contributed by atoms with van der Waals surface area (Å²) in [6.07, 6.45) is -3.33. The van der Waals surface area contributed by atoms with Crippen LogP contribution in [-0.4, -0.2) is 51.6 Å². The first-order valence-electron chi connectivity index (χ1n) is 7.21. The van der Waals surface area contributed by atoms with E-state index < -0.39 is 48.4 Å². The smallest absolute Gasteiger partial charge is 0.550 e. The minimum absolute atomic E-state index is 0. The Bertz CT molecular complexity index is 614. The minimum atomic E-state index is -2.87. The fourth-order valence-electron chi connectivity index (χ4n) is 2.19. The average molecular weight is 383 g/mol. The molecular formula is C16H19NNa2O7. The van der Waals surface area contributed by atoms with Gasteiger partial charge in [0.25, 0.3) is 0 Å². The van der Waals surface area contributed by atoms with Crippen molar-refractivity contribution in [3.05, 3.63) is 35.9 Å². The molecule has 0 heterocycles. The molecule has 0 saturated carbocycles. The van der Waals surface area contributed by atoms with Crippen molar-refractivity contribution >= 4 is 17.8 Å². The molecular weight excluding hydrogens is 364 g/mol. The van der Waals surface area contributed by atoms with E-state index in [9.17, 15) is 34.8 Å². The number of aliphatic hydroxyl groups excluding tert-OH is 1. The van der Waals surface area contributed by atoms with Crippen LogP contribution in [0.3, 0.4) is 0 Å². The molecule has 1 rings (SSSR count). The van der Waals surface area contributed by atoms with Crippen molar-refractivity contribution in [3.8, 4) is 0 Å². The Morgan fingerprint density at radius 3 is 2.04 bits per heavy atom. The normalized spacial score (nSPS) is 14.6. The van der Waals surface area contributed by atoms with Crippen LogP contribution in [0.2, 0.25) is 0 Å². The van der Waals surface area contributed by atoms with E-state index in [2.05, 4.69) is 0 Å². The van der Waals surface area contributed by atoms with Crippen molar-refractivity contribution < 1.29 is 93.9 Å². The maximum Gasteiger partial charge on any atom is 1.00 e. The number of nitrogens with zero attached hydrogens (tertiary/aromatic N) is 1. The number of carbonyl (C=O) groups is 3. The molecule has 0 radical (unpaired) electrons. The van der Waals surface area contributed by atoms with Crippen LogP contribution in [0, 0.1) is 0 Å². The van der Waals surface area contributed by atoms with Gasteiger partial charge in [-0.05, 0) is 12.5 Å². The number of carbonyl (C=O) groups excluding carboxylic acids is 3. The SMILES string of the molecule is C[C@@H]([C@@H](O)c1ccccc1)N(C)C(=O)CC(O)(CC(=O)[O-])C(=O)[O-].[Na+].[Na+]. The van der Waals surface area contributed by atoms with E-state index in [4.69, 9.17) is 0 Å². The molecule has 132 valence electrons. The molecule has 0 bridgehead atoms. The van der Waals surface area contributed by atoms with E-state index in [1.54, 1.807) is 30.3 Å². The Hall–Kier alpha value is -0.450. The van der Waals surface area contributed by atoms with Crippen LogP contribution in [0.5, 0.6) is 0 Å². The van der Waals surface area contributed by atoms with Crippen molar-refractivity contribution in [2.75, 3.05) is 7.05 Å². The van der Waals surface area contributed by atoms with E-state index in [0.29, 0.717) is 5.56 Å². The van der Waals surface area contributed by atoms with Gasteiger partial charge in [-0.2, -0.15) is 0 Å². The summed E-state index contributed by atoms with van der Waals surface area (Å²) in [6, 6.07) is 7.76. The molecule has 1 aromatic rings. The van der Waals surface area contributed by atoms with E-state index in [1.165, 1.54) is 14.0 Å². The van der Waals surface area contributed by atoms with Gasteiger partial charge in [-0.1, -0.05) is 30.3 Å². The maximum absolute atomic E-state index is 12.2. The monoisotopic (exact) mass is 383 g/mol. The van der Waals surface area contributed by atoms with Crippen LogP contribution in [0.4, 0.5) is 0 Å². The average Bonchev–Trinajstić information content (AvgIpc) is 2.52. The molecule has 1 aromatic carbocycles. The van der Waals surface area contributed by atoms with Crippen molar-refractivity contribution in [1.82, 2.24) is 4.90 Å². The second-order valence-electron chi connectivity index (χ2n) is 5.65. The number of likely N-dealkylation sites (N-methyl/N-ethyl adjacent to an activating group) is 1. The summed E-state index contributed by atoms with van der Waals surface area (Å²) in [5.74, 6) is -4.76. The molecule has 1 amide bonds. The Balaban J connectivity index is 0. The Morgan fingerprint density at radius 2 is 1.62 bits per heavy atom. The molecule has 0 aliphatic rings. The van der Waals surface area contributed by atoms with Gasteiger partial charge in [0.05, 0.1) is 24.5 Å². The largest absolute Gasteiger partial charge is 1.00 e. The third-order valence-electron chi connectivity index (χ3n) is 3.86. The van der Waals surface area contributed by atoms with Crippen LogP contribution in [0.15, 0.2) is 30.3 Å². The molecule has 0 fully saturated rings. The number of hydrogen-bond acceptors (Lipinski definition) is 7. The summed E-state index contributed by atoms with van der Waals surface area (Å²) in [5, 5.41) is 41.6. The summed E-state index contributed by atoms with van der Waals surface area (Å²) < 4.78 is 0. The summed E-state index contributed by atoms with van der Waals surface area (Å²) in [5.41, 5.74) is -2.32. The molecule has 10 heteroatoms. The zero-order valence-corrected chi connectivity index (χ0v) is 19.3. The molecule has 8 nitrogen and oxygen atoms in total. The van der Waals surface area contributed by atoms with Crippen LogP contribution < -0.4 is 69.3 Å². The predicted molar refractivity (Wildman–Crippen MR) is 77.8 cm³/mol. The van der Waals surface area contributed by atoms with Crippen molar-refractivity contribution in [2.45, 2.75) is 37.5 Å². The number of carboxylic acid groups (broad SMARTS) is 2. The first-order chi connectivity index (χ1) is 11.1. The molecule has 1 unspecified atom stereocenters. The number of aliphatic carboxylic acids is 2. The van der Waals surface area contributed by atoms with Crippen LogP contribution in [0.25, 0.3) is 0 Å². The molecule has 0 aromatic heterocycles. The van der Waals surface area contributed by atoms with E-state index >= 15 is 0 Å². The number of benzene rings is 1. The molecule has 0 aliphatic carbocycles. The number of hydrogen-bond donors (Lipinski definition) is 2. The van der Waals surface area contributed by atoms with Gasteiger partial charge in [0.1, 0.15) is 5.60 Å². The Morgan fingerprint density at radius 1 is 1.12 bits per heavy atom. The second kappa shape index (κ2) is 12.1. The molecule has 26 heavy (non-hydrogen) atoms. The van der Waals surface area contributed by atoms with Gasteiger partial charge in [0.15, 0.2) is 0 Å². The van der Waals surface area contributed by atoms with Crippen LogP contribution >= 0.6 is 0 Å². The zero-order valence-electron chi connectivity index (χ0n) is 15.3. The van der Waals surface area contributed by atoms with Gasteiger partial charge < -0.3 is 34.9 Å². The van der Waals surface area contributed by atoms with Gasteiger partial charge in [-0.3, -0.25) is 4.79 Å². The van der Waals surface area contributed by atoms with Gasteiger partial charge in [0.2, 0.25) is 5.91 Å². The Kier molecular flexibility index (Phi) is 12.9. The fourth-order valence-corrected chi connectivity index (χ4v) is 2.19. The summed E-state index contributed by atoms with van der Waals surface area (Å²) >= 11 is 0. The maximum atomic E-state index is 12.2. The van der Waals surface area contributed by atoms with Crippen LogP contribution in [0.1, 0.15) is 31.4 Å². The molecule has 2 N–H and O–H groups in total. The quantitative estimate of drug-likeness (QED) is 0.425. The van der Waals surface area contributed by atoms with Gasteiger partial charge in [-0.15, -0.1) is 0 Å². The third kappa shape index (κ3) is 7.66. The van der Waals surface area contributed by atoms with Gasteiger partial charge in [-0.25, -0.2) is 0 Å². The van der Waals surface area contributed by atoms with Crippen molar-refractivity contribution in [3.63, 3.8) is 0 Å². The number of carboxylic acids is 2. The van der Waals surface area contributed by atoms with Crippen LogP contribution in [-0.2, 0) is 14.4 Å². The molecule has 0 aliphatic heterocycles. The third-order valence-corrected chi connectivity index (χ3v) is 3.86. The first-order valence-corrected chi connectivity index (χ1v) is 7.21. The molecule has 0 saturated heterocycles. The molecule has 0 spiro atoms. The number of rotatable bonds is 8. The summed E-state index contributed by atoms with van der Waals surface area (Å²) in [6.45, 7) is 1.53. The second-order valence-corrected chi connectivity index (χ2v) is 5.65. The van der Waals surface area contributed by atoms with Crippen molar-refractivity contribution in [1.29, 1.82) is 0 Å². The number of amides is 1. The van der Waals surface area contributed by atoms with E-state index in [-0.39, 0.29) is 59.1 Å². The number of aliphatic hydroxyl groups is 2. The summed E-state index contributed by atoms with van der Waals surface area (Å²) in [4.78, 5) is 34.8. The molecule has 3 atom stereocenters. The zero-order chi connectivity index (χ0) is 18.5.